The number of ether oxygens (including phenoxy) is 2. The number of H-pyrrole nitrogens is 2. The third-order valence-corrected chi connectivity index (χ3v) is 13.5. The van der Waals surface area contributed by atoms with Gasteiger partial charge in [0, 0.05) is 12.1 Å². The highest BCUT2D eigenvalue weighted by Gasteiger charge is 2.52. The Morgan fingerprint density at radius 1 is 0.633 bits per heavy atom. The topological polar surface area (TPSA) is 175 Å². The van der Waals surface area contributed by atoms with E-state index >= 15 is 0 Å². The zero-order valence-electron chi connectivity index (χ0n) is 35.4. The molecule has 2 aliphatic heterocycles. The predicted octanol–water partition coefficient (Wildman–Crippen LogP) is 7.78. The van der Waals surface area contributed by atoms with Crippen LogP contribution in [0.25, 0.3) is 33.6 Å². The number of nitrogens with one attached hydrogen (secondary N) is 4. The van der Waals surface area contributed by atoms with Gasteiger partial charge in [0.15, 0.2) is 0 Å². The second-order valence-electron chi connectivity index (χ2n) is 17.8. The molecule has 2 bridgehead atoms. The summed E-state index contributed by atoms with van der Waals surface area (Å²) in [6, 6.07) is 15.2. The summed E-state index contributed by atoms with van der Waals surface area (Å²) >= 11 is 0. The van der Waals surface area contributed by atoms with Crippen molar-refractivity contribution >= 4 is 24.0 Å². The molecule has 2 saturated heterocycles. The fourth-order valence-corrected chi connectivity index (χ4v) is 10.4. The van der Waals surface area contributed by atoms with Gasteiger partial charge in [-0.25, -0.2) is 19.6 Å². The van der Waals surface area contributed by atoms with Gasteiger partial charge in [0.1, 0.15) is 23.7 Å². The first-order valence-corrected chi connectivity index (χ1v) is 21.6. The van der Waals surface area contributed by atoms with Gasteiger partial charge in [0.25, 0.3) is 0 Å². The molecular formula is C46H58N8O6. The highest BCUT2D eigenvalue weighted by Crippen LogP contribution is 2.50. The molecule has 4 aliphatic rings. The van der Waals surface area contributed by atoms with Crippen molar-refractivity contribution in [2.24, 2.45) is 23.7 Å². The highest BCUT2D eigenvalue weighted by atomic mass is 16.5. The zero-order chi connectivity index (χ0) is 42.2. The molecule has 4 fully saturated rings. The molecule has 14 heteroatoms. The Balaban J connectivity index is 0.959. The van der Waals surface area contributed by atoms with Crippen LogP contribution in [0.4, 0.5) is 9.59 Å². The van der Waals surface area contributed by atoms with Crippen LogP contribution in [0.1, 0.15) is 103 Å². The smallest absolute Gasteiger partial charge is 0.407 e. The Kier molecular flexibility index (Phi) is 11.7. The van der Waals surface area contributed by atoms with E-state index in [1.807, 2.05) is 49.9 Å². The minimum atomic E-state index is -0.689. The van der Waals surface area contributed by atoms with Crippen molar-refractivity contribution in [1.29, 1.82) is 0 Å². The zero-order valence-corrected chi connectivity index (χ0v) is 35.4. The van der Waals surface area contributed by atoms with Crippen LogP contribution in [0, 0.1) is 23.7 Å². The molecule has 4 aromatic rings. The molecule has 2 aliphatic carbocycles. The van der Waals surface area contributed by atoms with Crippen LogP contribution in [-0.2, 0) is 19.1 Å². The predicted molar refractivity (Wildman–Crippen MR) is 226 cm³/mol. The molecule has 318 valence electrons. The number of aromatic amines is 2. The van der Waals surface area contributed by atoms with E-state index < -0.39 is 24.3 Å². The van der Waals surface area contributed by atoms with E-state index in [1.165, 1.54) is 14.2 Å². The molecule has 8 rings (SSSR count). The maximum atomic E-state index is 14.2. The lowest BCUT2D eigenvalue weighted by Gasteiger charge is -2.37. The van der Waals surface area contributed by atoms with Crippen molar-refractivity contribution in [3.8, 4) is 33.6 Å². The maximum Gasteiger partial charge on any atom is 0.407 e. The largest absolute Gasteiger partial charge is 0.453 e. The number of piperidine rings is 1. The van der Waals surface area contributed by atoms with Crippen LogP contribution in [0.2, 0.25) is 0 Å². The number of aromatic nitrogens is 4. The van der Waals surface area contributed by atoms with Crippen LogP contribution in [0.15, 0.2) is 60.9 Å². The Morgan fingerprint density at radius 3 is 1.68 bits per heavy atom. The lowest BCUT2D eigenvalue weighted by atomic mass is 9.84. The Hall–Kier alpha value is -5.66. The number of fused-ring (bicyclic) bond motifs is 3. The van der Waals surface area contributed by atoms with Gasteiger partial charge < -0.3 is 39.9 Å². The molecule has 4 N–H and O–H groups in total. The van der Waals surface area contributed by atoms with Crippen LogP contribution in [0.3, 0.4) is 0 Å². The summed E-state index contributed by atoms with van der Waals surface area (Å²) in [4.78, 5) is 73.2. The fraction of sp³-hybridized carbons (Fsp3) is 0.522. The third-order valence-electron chi connectivity index (χ3n) is 13.5. The highest BCUT2D eigenvalue weighted by molar-refractivity contribution is 5.88. The number of likely N-dealkylation sites (tertiary alicyclic amines) is 2. The second kappa shape index (κ2) is 17.1. The lowest BCUT2D eigenvalue weighted by Crippen LogP contribution is -2.54. The molecule has 0 radical (unpaired) electrons. The van der Waals surface area contributed by atoms with Gasteiger partial charge in [-0.15, -0.1) is 0 Å². The number of alkyl carbamates (subject to hydrolysis) is 2. The Morgan fingerprint density at radius 2 is 1.13 bits per heavy atom. The summed E-state index contributed by atoms with van der Waals surface area (Å²) in [5.74, 6) is 1.87. The molecular weight excluding hydrogens is 761 g/mol. The number of rotatable bonds is 11. The van der Waals surface area contributed by atoms with E-state index in [4.69, 9.17) is 19.4 Å². The van der Waals surface area contributed by atoms with Gasteiger partial charge >= 0.3 is 12.2 Å². The van der Waals surface area contributed by atoms with Crippen molar-refractivity contribution in [3.63, 3.8) is 0 Å². The van der Waals surface area contributed by atoms with Gasteiger partial charge in [-0.2, -0.15) is 0 Å². The van der Waals surface area contributed by atoms with Crippen molar-refractivity contribution in [2.45, 2.75) is 115 Å². The summed E-state index contributed by atoms with van der Waals surface area (Å²) < 4.78 is 9.69. The number of hydrogen-bond donors (Lipinski definition) is 4. The molecule has 8 atom stereocenters. The first-order valence-electron chi connectivity index (χ1n) is 21.6. The molecule has 2 aromatic carbocycles. The van der Waals surface area contributed by atoms with Crippen molar-refractivity contribution in [1.82, 2.24) is 40.4 Å². The number of nitrogens with zero attached hydrogens (tertiary/aromatic N) is 4. The quantitative estimate of drug-likeness (QED) is 0.119. The van der Waals surface area contributed by atoms with Crippen LogP contribution < -0.4 is 10.6 Å². The molecule has 14 nitrogen and oxygen atoms in total. The summed E-state index contributed by atoms with van der Waals surface area (Å²) in [5, 5.41) is 5.55. The molecule has 60 heavy (non-hydrogen) atoms. The van der Waals surface area contributed by atoms with Crippen LogP contribution >= 0.6 is 0 Å². The molecule has 0 spiro atoms. The number of hydrogen-bond acceptors (Lipinski definition) is 8. The SMILES string of the molecule is COC(=O)N[C@H](C(=O)N1C2CCC(C2)[C@H]1c1ncc(-c2ccc(-c3ccc(-c4cnc([C@@H]5CC6CCCCC6N5C(=O)[C@@H](NC(=O)OC)C(C)C)[nH]4)cc3)cc2)[nH]1)C(C)C. The molecule has 4 unspecified atom stereocenters. The van der Waals surface area contributed by atoms with Gasteiger partial charge in [-0.1, -0.05) is 89.1 Å². The van der Waals surface area contributed by atoms with E-state index in [0.29, 0.717) is 11.8 Å². The number of carbonyl (C=O) groups is 4. The summed E-state index contributed by atoms with van der Waals surface area (Å²) in [7, 11) is 2.62. The molecule has 2 saturated carbocycles. The Labute approximate surface area is 351 Å². The van der Waals surface area contributed by atoms with Gasteiger partial charge in [0.2, 0.25) is 11.8 Å². The van der Waals surface area contributed by atoms with E-state index in [0.717, 1.165) is 96.7 Å². The number of amides is 4. The molecule has 2 aromatic heterocycles. The third kappa shape index (κ3) is 7.88. The van der Waals surface area contributed by atoms with Crippen LogP contribution in [0.5, 0.6) is 0 Å². The van der Waals surface area contributed by atoms with Crippen molar-refractivity contribution in [2.75, 3.05) is 14.2 Å². The van der Waals surface area contributed by atoms with Gasteiger partial charge in [0.05, 0.1) is 50.1 Å². The molecule has 4 heterocycles. The average molecular weight is 819 g/mol. The summed E-state index contributed by atoms with van der Waals surface area (Å²) in [6.07, 6.45) is 10.5. The van der Waals surface area contributed by atoms with Gasteiger partial charge in [-0.05, 0) is 84.5 Å². The monoisotopic (exact) mass is 818 g/mol. The van der Waals surface area contributed by atoms with E-state index in [2.05, 4.69) is 69.1 Å². The maximum absolute atomic E-state index is 14.2. The number of methoxy groups -OCH3 is 2. The first kappa shape index (κ1) is 41.1. The van der Waals surface area contributed by atoms with Crippen molar-refractivity contribution < 1.29 is 28.7 Å². The second-order valence-corrected chi connectivity index (χ2v) is 17.8. The summed E-state index contributed by atoms with van der Waals surface area (Å²) in [5.41, 5.74) is 5.89. The first-order chi connectivity index (χ1) is 28.9. The molecule has 4 amide bonds. The van der Waals surface area contributed by atoms with E-state index in [-0.39, 0.29) is 47.8 Å². The minimum absolute atomic E-state index is 0.0820. The van der Waals surface area contributed by atoms with E-state index in [9.17, 15) is 19.2 Å². The van der Waals surface area contributed by atoms with E-state index in [1.54, 1.807) is 0 Å². The standard InChI is InChI=1S/C46H58N8O6/c1-25(2)38(51-45(57)59-5)43(55)53-33-20-19-32(21-33)40(53)42-48-24-35(50-42)30-17-13-28(14-18-30)27-11-15-29(16-12-27)34-23-47-41(49-34)37-22-31-9-7-8-10-36(31)54(37)44(56)39(26(3)4)52-46(58)60-6/h11-18,23-26,31-33,36-40H,7-10,19-22H2,1-6H3,(H,47,49)(H,48,50)(H,51,57)(H,52,58)/t31?,32?,33?,36?,37-,38-,39-,40-/m0/s1. The Bertz CT molecular complexity index is 2180. The van der Waals surface area contributed by atoms with Crippen molar-refractivity contribution in [3.05, 3.63) is 72.6 Å². The normalized spacial score (nSPS) is 24.3. The minimum Gasteiger partial charge on any atom is -0.453 e. The van der Waals surface area contributed by atoms with Gasteiger partial charge in [-0.3, -0.25) is 9.59 Å². The number of imidazole rings is 2. The fourth-order valence-electron chi connectivity index (χ4n) is 10.4. The lowest BCUT2D eigenvalue weighted by molar-refractivity contribution is -0.139. The summed E-state index contributed by atoms with van der Waals surface area (Å²) in [6.45, 7) is 7.74. The number of benzene rings is 2. The van der Waals surface area contributed by atoms with Crippen LogP contribution in [-0.4, -0.2) is 92.1 Å². The number of carbonyl (C=O) groups excluding carboxylic acids is 4. The average Bonchev–Trinajstić information content (AvgIpc) is 4.12.